The van der Waals surface area contributed by atoms with E-state index in [-0.39, 0.29) is 24.0 Å². The lowest BCUT2D eigenvalue weighted by atomic mass is 10.2. The van der Waals surface area contributed by atoms with Crippen LogP contribution in [0.15, 0.2) is 47.0 Å². The average Bonchev–Trinajstić information content (AvgIpc) is 3.15. The Labute approximate surface area is 164 Å². The van der Waals surface area contributed by atoms with Gasteiger partial charge in [0.05, 0.1) is 5.00 Å². The zero-order valence-corrected chi connectivity index (χ0v) is 17.0. The average molecular weight is 457 g/mol. The Hall–Kier alpha value is -1.35. The first-order valence-corrected chi connectivity index (χ1v) is 8.88. The molecule has 0 amide bonds. The lowest BCUT2D eigenvalue weighted by Gasteiger charge is -2.37. The lowest BCUT2D eigenvalue weighted by Crippen LogP contribution is -2.52. The van der Waals surface area contributed by atoms with Gasteiger partial charge in [-0.05, 0) is 35.6 Å². The number of nitrogens with zero attached hydrogens (tertiary/aromatic N) is 4. The van der Waals surface area contributed by atoms with E-state index in [0.717, 1.165) is 45.1 Å². The number of pyridine rings is 1. The van der Waals surface area contributed by atoms with Crippen molar-refractivity contribution in [1.29, 1.82) is 0 Å². The van der Waals surface area contributed by atoms with Crippen LogP contribution >= 0.6 is 35.3 Å². The minimum Gasteiger partial charge on any atom is -0.360 e. The van der Waals surface area contributed by atoms with Gasteiger partial charge in [-0.3, -0.25) is 9.98 Å². The second kappa shape index (κ2) is 9.83. The summed E-state index contributed by atoms with van der Waals surface area (Å²) in [5.74, 6) is 1.000. The van der Waals surface area contributed by atoms with Crippen LogP contribution in [-0.2, 0) is 6.42 Å². The molecule has 24 heavy (non-hydrogen) atoms. The smallest absolute Gasteiger partial charge is 0.193 e. The summed E-state index contributed by atoms with van der Waals surface area (Å²) in [5, 5.41) is 6.97. The predicted octanol–water partition coefficient (Wildman–Crippen LogP) is 2.70. The number of aliphatic imine (C=N–C) groups is 1. The van der Waals surface area contributed by atoms with Crippen molar-refractivity contribution in [1.82, 2.24) is 15.2 Å². The summed E-state index contributed by atoms with van der Waals surface area (Å²) in [5.41, 5.74) is 1.25. The maximum atomic E-state index is 4.43. The molecule has 1 saturated heterocycles. The van der Waals surface area contributed by atoms with E-state index in [1.54, 1.807) is 0 Å². The molecule has 3 rings (SSSR count). The van der Waals surface area contributed by atoms with Crippen LogP contribution in [0.4, 0.5) is 5.00 Å². The molecule has 7 heteroatoms. The first-order chi connectivity index (χ1) is 11.4. The highest BCUT2D eigenvalue weighted by atomic mass is 127. The van der Waals surface area contributed by atoms with E-state index in [0.29, 0.717) is 0 Å². The predicted molar refractivity (Wildman–Crippen MR) is 113 cm³/mol. The van der Waals surface area contributed by atoms with Crippen molar-refractivity contribution >= 4 is 46.3 Å². The van der Waals surface area contributed by atoms with Gasteiger partial charge in [-0.25, -0.2) is 0 Å². The molecular formula is C17H24IN5S. The van der Waals surface area contributed by atoms with Crippen LogP contribution < -0.4 is 10.2 Å². The summed E-state index contributed by atoms with van der Waals surface area (Å²) in [6, 6.07) is 8.40. The van der Waals surface area contributed by atoms with Crippen molar-refractivity contribution in [2.24, 2.45) is 4.99 Å². The Kier molecular flexibility index (Phi) is 7.77. The van der Waals surface area contributed by atoms with Crippen LogP contribution in [-0.4, -0.2) is 55.6 Å². The number of piperazine rings is 1. The molecule has 0 radical (unpaired) electrons. The van der Waals surface area contributed by atoms with Gasteiger partial charge < -0.3 is 15.1 Å². The molecule has 0 unspecified atom stereocenters. The third kappa shape index (κ3) is 5.07. The second-order valence-electron chi connectivity index (χ2n) is 5.51. The second-order valence-corrected chi connectivity index (χ2v) is 6.44. The number of nitrogens with one attached hydrogen (secondary N) is 1. The van der Waals surface area contributed by atoms with Gasteiger partial charge in [-0.2, -0.15) is 0 Å². The highest BCUT2D eigenvalue weighted by Gasteiger charge is 2.19. The molecule has 130 valence electrons. The lowest BCUT2D eigenvalue weighted by molar-refractivity contribution is 0.374. The van der Waals surface area contributed by atoms with Gasteiger partial charge in [0, 0.05) is 52.2 Å². The topological polar surface area (TPSA) is 43.8 Å². The van der Waals surface area contributed by atoms with Crippen molar-refractivity contribution in [2.45, 2.75) is 6.42 Å². The van der Waals surface area contributed by atoms with E-state index in [4.69, 9.17) is 0 Å². The number of thiophene rings is 1. The number of rotatable bonds is 4. The molecule has 1 fully saturated rings. The van der Waals surface area contributed by atoms with E-state index in [1.807, 2.05) is 36.8 Å². The van der Waals surface area contributed by atoms with Crippen LogP contribution in [0.1, 0.15) is 5.56 Å². The van der Waals surface area contributed by atoms with Crippen molar-refractivity contribution in [3.8, 4) is 0 Å². The number of guanidine groups is 1. The van der Waals surface area contributed by atoms with Crippen molar-refractivity contribution in [3.63, 3.8) is 0 Å². The summed E-state index contributed by atoms with van der Waals surface area (Å²) < 4.78 is 0. The molecule has 0 saturated carbocycles. The molecule has 1 aliphatic heterocycles. The van der Waals surface area contributed by atoms with Gasteiger partial charge >= 0.3 is 0 Å². The fraction of sp³-hybridized carbons (Fsp3) is 0.412. The first kappa shape index (κ1) is 19.0. The number of halogens is 1. The molecule has 0 aromatic carbocycles. The van der Waals surface area contributed by atoms with E-state index in [9.17, 15) is 0 Å². The van der Waals surface area contributed by atoms with Gasteiger partial charge in [-0.1, -0.05) is 6.07 Å². The molecule has 2 aromatic heterocycles. The Morgan fingerprint density at radius 2 is 2.08 bits per heavy atom. The maximum absolute atomic E-state index is 4.43. The Morgan fingerprint density at radius 1 is 1.25 bits per heavy atom. The van der Waals surface area contributed by atoms with Crippen LogP contribution in [0.25, 0.3) is 0 Å². The third-order valence-corrected chi connectivity index (χ3v) is 4.96. The summed E-state index contributed by atoms with van der Waals surface area (Å²) in [7, 11) is 1.86. The van der Waals surface area contributed by atoms with Crippen LogP contribution in [0.2, 0.25) is 0 Å². The minimum absolute atomic E-state index is 0. The Balaban J connectivity index is 0.00000208. The van der Waals surface area contributed by atoms with Gasteiger partial charge in [0.2, 0.25) is 0 Å². The van der Waals surface area contributed by atoms with Crippen molar-refractivity contribution in [2.75, 3.05) is 44.7 Å². The molecule has 0 bridgehead atoms. The van der Waals surface area contributed by atoms with Crippen LogP contribution in [0.3, 0.4) is 0 Å². The zero-order valence-electron chi connectivity index (χ0n) is 13.9. The molecule has 0 atom stereocenters. The van der Waals surface area contributed by atoms with E-state index < -0.39 is 0 Å². The Morgan fingerprint density at radius 3 is 2.71 bits per heavy atom. The fourth-order valence-corrected chi connectivity index (χ4v) is 3.57. The SMILES string of the molecule is CN=C(NCCc1cccnc1)N1CCN(c2cccs2)CC1.I. The Bertz CT molecular complexity index is 609. The molecule has 5 nitrogen and oxygen atoms in total. The monoisotopic (exact) mass is 457 g/mol. The van der Waals surface area contributed by atoms with Crippen molar-refractivity contribution < 1.29 is 0 Å². The van der Waals surface area contributed by atoms with Crippen molar-refractivity contribution in [3.05, 3.63) is 47.6 Å². The number of anilines is 1. The van der Waals surface area contributed by atoms with E-state index in [2.05, 4.69) is 48.7 Å². The molecule has 3 heterocycles. The zero-order chi connectivity index (χ0) is 15.9. The normalized spacial score (nSPS) is 15.1. The highest BCUT2D eigenvalue weighted by Crippen LogP contribution is 2.22. The quantitative estimate of drug-likeness (QED) is 0.436. The molecule has 1 N–H and O–H groups in total. The van der Waals surface area contributed by atoms with E-state index >= 15 is 0 Å². The summed E-state index contributed by atoms with van der Waals surface area (Å²) in [4.78, 5) is 13.4. The number of hydrogen-bond donors (Lipinski definition) is 1. The van der Waals surface area contributed by atoms with Gasteiger partial charge in [-0.15, -0.1) is 35.3 Å². The maximum Gasteiger partial charge on any atom is 0.193 e. The van der Waals surface area contributed by atoms with Gasteiger partial charge in [0.1, 0.15) is 0 Å². The molecule has 1 aliphatic rings. The van der Waals surface area contributed by atoms with Crippen LogP contribution in [0.5, 0.6) is 0 Å². The highest BCUT2D eigenvalue weighted by molar-refractivity contribution is 14.0. The summed E-state index contributed by atoms with van der Waals surface area (Å²) in [6.45, 7) is 4.98. The minimum atomic E-state index is 0. The van der Waals surface area contributed by atoms with E-state index in [1.165, 1.54) is 10.6 Å². The molecule has 0 spiro atoms. The third-order valence-electron chi connectivity index (χ3n) is 4.03. The summed E-state index contributed by atoms with van der Waals surface area (Å²) in [6.07, 6.45) is 4.69. The number of hydrogen-bond acceptors (Lipinski definition) is 4. The fourth-order valence-electron chi connectivity index (χ4n) is 2.79. The largest absolute Gasteiger partial charge is 0.360 e. The molecule has 0 aliphatic carbocycles. The summed E-state index contributed by atoms with van der Waals surface area (Å²) >= 11 is 1.81. The molecule has 2 aromatic rings. The van der Waals surface area contributed by atoms with Crippen LogP contribution in [0, 0.1) is 0 Å². The van der Waals surface area contributed by atoms with Gasteiger partial charge in [0.15, 0.2) is 5.96 Å². The standard InChI is InChI=1S/C17H23N5S.HI/c1-18-17(20-8-6-15-4-2-7-19-14-15)22-11-9-21(10-12-22)16-5-3-13-23-16;/h2-5,7,13-14H,6,8-12H2,1H3,(H,18,20);1H. The first-order valence-electron chi connectivity index (χ1n) is 8.00. The number of aromatic nitrogens is 1. The van der Waals surface area contributed by atoms with Gasteiger partial charge in [0.25, 0.3) is 0 Å². The molecular weight excluding hydrogens is 433 g/mol.